The number of methoxy groups -OCH3 is 1. The van der Waals surface area contributed by atoms with E-state index >= 15 is 0 Å². The fourth-order valence-corrected chi connectivity index (χ4v) is 13.0. The highest BCUT2D eigenvalue weighted by molar-refractivity contribution is 6.91. The fraction of sp³-hybridized carbons (Fsp3) is 0.364. The van der Waals surface area contributed by atoms with Crippen LogP contribution >= 0.6 is 0 Å². The van der Waals surface area contributed by atoms with E-state index in [1.54, 1.807) is 7.11 Å². The molecule has 3 heterocycles. The van der Waals surface area contributed by atoms with Gasteiger partial charge in [-0.3, -0.25) is 9.59 Å². The van der Waals surface area contributed by atoms with Gasteiger partial charge in [-0.15, -0.1) is 0 Å². The maximum Gasteiger partial charge on any atom is 0.228 e. The summed E-state index contributed by atoms with van der Waals surface area (Å²) in [5, 5.41) is 15.8. The number of aryl methyl sites for hydroxylation is 1. The quantitative estimate of drug-likeness (QED) is 0.120. The van der Waals surface area contributed by atoms with Gasteiger partial charge < -0.3 is 29.8 Å². The normalized spacial score (nSPS) is 21.4. The molecule has 5 aromatic rings. The Balaban J connectivity index is 1.04. The van der Waals surface area contributed by atoms with Crippen molar-refractivity contribution < 1.29 is 24.2 Å². The molecule has 0 spiro atoms. The third-order valence-electron chi connectivity index (χ3n) is 11.8. The van der Waals surface area contributed by atoms with E-state index in [2.05, 4.69) is 66.7 Å². The Labute approximate surface area is 313 Å². The second-order valence-corrected chi connectivity index (χ2v) is 20.1. The molecule has 4 aromatic carbocycles. The van der Waals surface area contributed by atoms with Gasteiger partial charge in [-0.05, 0) is 83.3 Å². The number of benzene rings is 4. The molecule has 1 fully saturated rings. The number of anilines is 1. The number of aliphatic hydroxyl groups is 1. The number of hydrogen-bond donors (Lipinski definition) is 3. The highest BCUT2D eigenvalue weighted by atomic mass is 28.3. The number of carbonyl (C=O) groups is 2. The number of carbonyl (C=O) groups excluding carboxylic acids is 2. The molecular formula is C44H51N3O5Si. The lowest BCUT2D eigenvalue weighted by atomic mass is 9.93. The summed E-state index contributed by atoms with van der Waals surface area (Å²) in [4.78, 5) is 32.2. The Kier molecular flexibility index (Phi) is 10.9. The number of amides is 2. The first-order valence-electron chi connectivity index (χ1n) is 18.9. The molecule has 1 saturated heterocycles. The number of ether oxygens (including phenoxy) is 2. The van der Waals surface area contributed by atoms with Gasteiger partial charge in [0.15, 0.2) is 0 Å². The number of hydrogen-bond acceptors (Lipinski definition) is 5. The molecule has 276 valence electrons. The van der Waals surface area contributed by atoms with Crippen LogP contribution in [-0.4, -0.2) is 66.8 Å². The summed E-state index contributed by atoms with van der Waals surface area (Å²) in [6.07, 6.45) is 4.59. The molecule has 2 aliphatic rings. The smallest absolute Gasteiger partial charge is 0.228 e. The van der Waals surface area contributed by atoms with E-state index < -0.39 is 8.07 Å². The number of H-pyrrole nitrogens is 1. The van der Waals surface area contributed by atoms with Gasteiger partial charge in [0.1, 0.15) is 5.75 Å². The zero-order valence-corrected chi connectivity index (χ0v) is 32.2. The first-order valence-corrected chi connectivity index (χ1v) is 21.9. The van der Waals surface area contributed by atoms with Crippen LogP contribution in [0.2, 0.25) is 18.6 Å². The molecule has 8 nitrogen and oxygen atoms in total. The van der Waals surface area contributed by atoms with Crippen molar-refractivity contribution in [2.24, 2.45) is 5.92 Å². The standard InChI is InChI=1S/C44H51N3O5Si/c1-29-40(22-15-30-13-16-34(17-14-30)46-42(49)24-33-26-45-39-12-8-7-11-38(33)39)52-41(44(29)53(3,4)37-20-18-36(51-2)19-21-37)25-43(50)47-27-32-10-6-5-9-31(32)23-35(47)28-48/h5-14,16-21,26,29,35,40-41,44-45,48H,15,22-25,27-28H2,1-4H3,(H,46,49)/t29-,35-,40+,41-,44+/m0/s1. The Morgan fingerprint density at radius 3 is 2.40 bits per heavy atom. The van der Waals surface area contributed by atoms with Gasteiger partial charge in [-0.1, -0.05) is 91.9 Å². The van der Waals surface area contributed by atoms with Crippen LogP contribution in [0.5, 0.6) is 5.75 Å². The highest BCUT2D eigenvalue weighted by Gasteiger charge is 2.51. The van der Waals surface area contributed by atoms with Gasteiger partial charge in [-0.25, -0.2) is 0 Å². The monoisotopic (exact) mass is 729 g/mol. The number of nitrogens with one attached hydrogen (secondary N) is 2. The van der Waals surface area contributed by atoms with Crippen molar-refractivity contribution in [2.45, 2.75) is 82.5 Å². The Hall–Kier alpha value is -4.70. The van der Waals surface area contributed by atoms with Crippen LogP contribution in [0.4, 0.5) is 5.69 Å². The molecule has 2 amide bonds. The van der Waals surface area contributed by atoms with Crippen LogP contribution in [0.1, 0.15) is 42.0 Å². The van der Waals surface area contributed by atoms with Gasteiger partial charge in [-0.2, -0.15) is 0 Å². The van der Waals surface area contributed by atoms with Gasteiger partial charge in [0.2, 0.25) is 11.8 Å². The van der Waals surface area contributed by atoms with Crippen molar-refractivity contribution in [1.82, 2.24) is 9.88 Å². The molecule has 1 aromatic heterocycles. The van der Waals surface area contributed by atoms with Crippen LogP contribution in [0.3, 0.4) is 0 Å². The van der Waals surface area contributed by atoms with E-state index in [4.69, 9.17) is 9.47 Å². The second-order valence-electron chi connectivity index (χ2n) is 15.4. The van der Waals surface area contributed by atoms with Crippen LogP contribution < -0.4 is 15.2 Å². The third-order valence-corrected chi connectivity index (χ3v) is 16.2. The zero-order valence-electron chi connectivity index (χ0n) is 31.2. The molecule has 0 unspecified atom stereocenters. The number of fused-ring (bicyclic) bond motifs is 2. The molecule has 0 radical (unpaired) electrons. The minimum Gasteiger partial charge on any atom is -0.497 e. The largest absolute Gasteiger partial charge is 0.497 e. The van der Waals surface area contributed by atoms with E-state index in [9.17, 15) is 14.7 Å². The number of aromatic nitrogens is 1. The van der Waals surface area contributed by atoms with Crippen molar-refractivity contribution >= 4 is 41.7 Å². The predicted octanol–water partition coefficient (Wildman–Crippen LogP) is 7.02. The fourth-order valence-electron chi connectivity index (χ4n) is 8.90. The van der Waals surface area contributed by atoms with Crippen LogP contribution in [0, 0.1) is 5.92 Å². The maximum atomic E-state index is 14.2. The second kappa shape index (κ2) is 15.7. The number of aromatic amines is 1. The van der Waals surface area contributed by atoms with Crippen molar-refractivity contribution in [3.05, 3.63) is 126 Å². The van der Waals surface area contributed by atoms with Crippen molar-refractivity contribution in [3.63, 3.8) is 0 Å². The highest BCUT2D eigenvalue weighted by Crippen LogP contribution is 2.47. The average Bonchev–Trinajstić information content (AvgIpc) is 3.73. The Bertz CT molecular complexity index is 2040. The Morgan fingerprint density at radius 1 is 0.943 bits per heavy atom. The topological polar surface area (TPSA) is 104 Å². The van der Waals surface area contributed by atoms with Crippen LogP contribution in [-0.2, 0) is 40.1 Å². The van der Waals surface area contributed by atoms with E-state index in [1.165, 1.54) is 16.3 Å². The first-order chi connectivity index (χ1) is 25.6. The van der Waals surface area contributed by atoms with Crippen molar-refractivity contribution in [2.75, 3.05) is 19.0 Å². The van der Waals surface area contributed by atoms with Crippen molar-refractivity contribution in [3.8, 4) is 5.75 Å². The molecule has 5 atom stereocenters. The molecule has 3 N–H and O–H groups in total. The number of nitrogens with zero attached hydrogens (tertiary/aromatic N) is 1. The van der Waals surface area contributed by atoms with E-state index in [-0.39, 0.29) is 48.1 Å². The van der Waals surface area contributed by atoms with E-state index in [1.807, 2.05) is 71.8 Å². The van der Waals surface area contributed by atoms with E-state index in [0.29, 0.717) is 25.8 Å². The zero-order chi connectivity index (χ0) is 37.1. The molecule has 53 heavy (non-hydrogen) atoms. The first kappa shape index (κ1) is 36.6. The Morgan fingerprint density at radius 2 is 1.66 bits per heavy atom. The predicted molar refractivity (Wildman–Crippen MR) is 213 cm³/mol. The number of rotatable bonds is 12. The SMILES string of the molecule is COc1ccc([Si](C)(C)[C@@H]2[C@@H](C)[C@@H](CCc3ccc(NC(=O)Cc4c[nH]c5ccccc45)cc3)O[C@H]2CC(=O)N2Cc3ccccc3C[C@H]2CO)cc1. The third kappa shape index (κ3) is 7.83. The minimum absolute atomic E-state index is 0.00547. The van der Waals surface area contributed by atoms with Gasteiger partial charge >= 0.3 is 0 Å². The van der Waals surface area contributed by atoms with Crippen molar-refractivity contribution in [1.29, 1.82) is 0 Å². The van der Waals surface area contributed by atoms with Gasteiger partial charge in [0.25, 0.3) is 0 Å². The molecule has 0 bridgehead atoms. The lowest BCUT2D eigenvalue weighted by molar-refractivity contribution is -0.138. The molecule has 7 rings (SSSR count). The molecule has 2 aliphatic heterocycles. The molecular weight excluding hydrogens is 679 g/mol. The molecule has 9 heteroatoms. The summed E-state index contributed by atoms with van der Waals surface area (Å²) < 4.78 is 12.4. The maximum absolute atomic E-state index is 14.2. The lowest BCUT2D eigenvalue weighted by Crippen LogP contribution is -2.52. The summed E-state index contributed by atoms with van der Waals surface area (Å²) in [6, 6.07) is 32.6. The van der Waals surface area contributed by atoms with E-state index in [0.717, 1.165) is 46.3 Å². The minimum atomic E-state index is -2.16. The van der Waals surface area contributed by atoms with Crippen LogP contribution in [0.25, 0.3) is 10.9 Å². The van der Waals surface area contributed by atoms with Gasteiger partial charge in [0.05, 0.1) is 52.9 Å². The summed E-state index contributed by atoms with van der Waals surface area (Å²) in [5.74, 6) is 1.07. The molecule has 0 saturated carbocycles. The van der Waals surface area contributed by atoms with Crippen LogP contribution in [0.15, 0.2) is 103 Å². The number of para-hydroxylation sites is 1. The summed E-state index contributed by atoms with van der Waals surface area (Å²) in [6.45, 7) is 7.55. The van der Waals surface area contributed by atoms with Gasteiger partial charge in [0, 0.05) is 29.3 Å². The summed E-state index contributed by atoms with van der Waals surface area (Å²) in [7, 11) is -0.477. The lowest BCUT2D eigenvalue weighted by Gasteiger charge is -2.39. The summed E-state index contributed by atoms with van der Waals surface area (Å²) in [5.41, 5.74) is 6.52. The number of aliphatic hydroxyl groups excluding tert-OH is 1. The average molecular weight is 730 g/mol. The molecule has 0 aliphatic carbocycles. The summed E-state index contributed by atoms with van der Waals surface area (Å²) >= 11 is 0.